The standard InChI is InChI=1S/C19H20ClN3OS/c1-14-3-5-15(6-4-14)13-25-19-22-21-18(23(19)11-12-24-2)16-7-9-17(20)10-8-16/h3-10H,11-13H2,1-2H3. The van der Waals surface area contributed by atoms with Gasteiger partial charge in [-0.2, -0.15) is 0 Å². The number of thioether (sulfide) groups is 1. The van der Waals surface area contributed by atoms with Crippen LogP contribution in [0, 0.1) is 6.92 Å². The number of rotatable bonds is 7. The average Bonchev–Trinajstić information content (AvgIpc) is 3.03. The van der Waals surface area contributed by atoms with E-state index in [9.17, 15) is 0 Å². The Kier molecular flexibility index (Phi) is 6.13. The van der Waals surface area contributed by atoms with Crippen LogP contribution < -0.4 is 0 Å². The minimum Gasteiger partial charge on any atom is -0.383 e. The highest BCUT2D eigenvalue weighted by molar-refractivity contribution is 7.98. The number of nitrogens with zero attached hydrogens (tertiary/aromatic N) is 3. The Hall–Kier alpha value is -1.82. The molecule has 3 aromatic rings. The van der Waals surface area contributed by atoms with Crippen LogP contribution in [0.25, 0.3) is 11.4 Å². The maximum atomic E-state index is 5.99. The summed E-state index contributed by atoms with van der Waals surface area (Å²) in [6.07, 6.45) is 0. The smallest absolute Gasteiger partial charge is 0.191 e. The molecule has 0 spiro atoms. The van der Waals surface area contributed by atoms with Gasteiger partial charge in [0.05, 0.1) is 13.2 Å². The molecule has 1 heterocycles. The van der Waals surface area contributed by atoms with Gasteiger partial charge in [0.25, 0.3) is 0 Å². The minimum absolute atomic E-state index is 0.608. The number of aromatic nitrogens is 3. The fourth-order valence-electron chi connectivity index (χ4n) is 2.42. The zero-order chi connectivity index (χ0) is 17.6. The Morgan fingerprint density at radius 3 is 2.44 bits per heavy atom. The van der Waals surface area contributed by atoms with Gasteiger partial charge in [-0.25, -0.2) is 0 Å². The third kappa shape index (κ3) is 4.63. The van der Waals surface area contributed by atoms with Gasteiger partial charge in [-0.3, -0.25) is 4.57 Å². The van der Waals surface area contributed by atoms with Crippen molar-refractivity contribution in [3.8, 4) is 11.4 Å². The number of benzene rings is 2. The van der Waals surface area contributed by atoms with E-state index in [0.717, 1.165) is 22.3 Å². The lowest BCUT2D eigenvalue weighted by molar-refractivity contribution is 0.185. The first kappa shape index (κ1) is 18.0. The van der Waals surface area contributed by atoms with Crippen LogP contribution in [0.5, 0.6) is 0 Å². The van der Waals surface area contributed by atoms with Crippen LogP contribution in [-0.4, -0.2) is 28.5 Å². The number of ether oxygens (including phenoxy) is 1. The molecule has 0 bridgehead atoms. The van der Waals surface area contributed by atoms with Gasteiger partial charge in [0.1, 0.15) is 0 Å². The molecule has 0 aliphatic heterocycles. The molecule has 1 aromatic heterocycles. The molecule has 0 radical (unpaired) electrons. The predicted molar refractivity (Wildman–Crippen MR) is 103 cm³/mol. The first-order chi connectivity index (χ1) is 12.2. The molecule has 0 saturated heterocycles. The second-order valence-electron chi connectivity index (χ2n) is 5.73. The molecule has 0 saturated carbocycles. The van der Waals surface area contributed by atoms with Gasteiger partial charge in [-0.05, 0) is 36.8 Å². The van der Waals surface area contributed by atoms with Gasteiger partial charge in [-0.15, -0.1) is 10.2 Å². The number of hydrogen-bond acceptors (Lipinski definition) is 4. The molecule has 130 valence electrons. The summed E-state index contributed by atoms with van der Waals surface area (Å²) in [5, 5.41) is 10.4. The summed E-state index contributed by atoms with van der Waals surface area (Å²) in [4.78, 5) is 0. The molecule has 0 atom stereocenters. The highest BCUT2D eigenvalue weighted by atomic mass is 35.5. The van der Waals surface area contributed by atoms with Crippen LogP contribution in [-0.2, 0) is 17.0 Å². The summed E-state index contributed by atoms with van der Waals surface area (Å²) >= 11 is 7.67. The van der Waals surface area contributed by atoms with Crippen LogP contribution in [0.1, 0.15) is 11.1 Å². The largest absolute Gasteiger partial charge is 0.383 e. The lowest BCUT2D eigenvalue weighted by Gasteiger charge is -2.10. The van der Waals surface area contributed by atoms with Crippen molar-refractivity contribution in [3.63, 3.8) is 0 Å². The monoisotopic (exact) mass is 373 g/mol. The van der Waals surface area contributed by atoms with Crippen molar-refractivity contribution in [1.29, 1.82) is 0 Å². The second kappa shape index (κ2) is 8.52. The maximum Gasteiger partial charge on any atom is 0.191 e. The predicted octanol–water partition coefficient (Wildman–Crippen LogP) is 4.85. The average molecular weight is 374 g/mol. The van der Waals surface area contributed by atoms with E-state index in [1.165, 1.54) is 11.1 Å². The number of halogens is 1. The third-order valence-corrected chi connectivity index (χ3v) is 5.12. The number of hydrogen-bond donors (Lipinski definition) is 0. The molecule has 0 fully saturated rings. The summed E-state index contributed by atoms with van der Waals surface area (Å²) < 4.78 is 7.35. The summed E-state index contributed by atoms with van der Waals surface area (Å²) in [6, 6.07) is 16.2. The van der Waals surface area contributed by atoms with Crippen molar-refractivity contribution < 1.29 is 4.74 Å². The van der Waals surface area contributed by atoms with E-state index < -0.39 is 0 Å². The Bertz CT molecular complexity index is 816. The van der Waals surface area contributed by atoms with E-state index in [4.69, 9.17) is 16.3 Å². The first-order valence-electron chi connectivity index (χ1n) is 8.04. The Morgan fingerprint density at radius 2 is 1.76 bits per heavy atom. The highest BCUT2D eigenvalue weighted by Crippen LogP contribution is 2.27. The number of aryl methyl sites for hydroxylation is 1. The van der Waals surface area contributed by atoms with Crippen LogP contribution in [0.4, 0.5) is 0 Å². The first-order valence-corrected chi connectivity index (χ1v) is 9.40. The van der Waals surface area contributed by atoms with Gasteiger partial charge in [0.2, 0.25) is 0 Å². The molecule has 6 heteroatoms. The molecule has 4 nitrogen and oxygen atoms in total. The normalized spacial score (nSPS) is 11.0. The molecule has 0 aliphatic rings. The van der Waals surface area contributed by atoms with Gasteiger partial charge >= 0.3 is 0 Å². The van der Waals surface area contributed by atoms with E-state index in [1.807, 2.05) is 24.3 Å². The fourth-order valence-corrected chi connectivity index (χ4v) is 3.47. The summed E-state index contributed by atoms with van der Waals surface area (Å²) in [6.45, 7) is 3.41. The summed E-state index contributed by atoms with van der Waals surface area (Å²) in [5.41, 5.74) is 3.53. The second-order valence-corrected chi connectivity index (χ2v) is 7.11. The third-order valence-electron chi connectivity index (χ3n) is 3.83. The lowest BCUT2D eigenvalue weighted by Crippen LogP contribution is -2.07. The van der Waals surface area contributed by atoms with E-state index in [-0.39, 0.29) is 0 Å². The highest BCUT2D eigenvalue weighted by Gasteiger charge is 2.14. The molecular formula is C19H20ClN3OS. The summed E-state index contributed by atoms with van der Waals surface area (Å²) in [7, 11) is 1.70. The Morgan fingerprint density at radius 1 is 1.04 bits per heavy atom. The fraction of sp³-hybridized carbons (Fsp3) is 0.263. The molecule has 0 aliphatic carbocycles. The van der Waals surface area contributed by atoms with Gasteiger partial charge in [-0.1, -0.05) is 53.2 Å². The quantitative estimate of drug-likeness (QED) is 0.555. The van der Waals surface area contributed by atoms with E-state index in [0.29, 0.717) is 18.2 Å². The van der Waals surface area contributed by atoms with Crippen molar-refractivity contribution in [1.82, 2.24) is 14.8 Å². The lowest BCUT2D eigenvalue weighted by atomic mass is 10.2. The van der Waals surface area contributed by atoms with Crippen LogP contribution in [0.3, 0.4) is 0 Å². The number of methoxy groups -OCH3 is 1. The van der Waals surface area contributed by atoms with E-state index >= 15 is 0 Å². The molecule has 25 heavy (non-hydrogen) atoms. The maximum absolute atomic E-state index is 5.99. The van der Waals surface area contributed by atoms with Crippen molar-refractivity contribution in [2.24, 2.45) is 0 Å². The van der Waals surface area contributed by atoms with Crippen molar-refractivity contribution in [2.45, 2.75) is 24.4 Å². The zero-order valence-corrected chi connectivity index (χ0v) is 15.8. The SMILES string of the molecule is COCCn1c(SCc2ccc(C)cc2)nnc1-c1ccc(Cl)cc1. The van der Waals surface area contributed by atoms with Crippen molar-refractivity contribution >= 4 is 23.4 Å². The molecule has 0 unspecified atom stereocenters. The molecule has 0 N–H and O–H groups in total. The minimum atomic E-state index is 0.608. The van der Waals surface area contributed by atoms with E-state index in [2.05, 4.69) is 46.0 Å². The van der Waals surface area contributed by atoms with Crippen molar-refractivity contribution in [3.05, 3.63) is 64.7 Å². The molecule has 3 rings (SSSR count). The molecule has 0 amide bonds. The molecular weight excluding hydrogens is 354 g/mol. The van der Waals surface area contributed by atoms with Gasteiger partial charge < -0.3 is 4.74 Å². The summed E-state index contributed by atoms with van der Waals surface area (Å²) in [5.74, 6) is 1.69. The van der Waals surface area contributed by atoms with E-state index in [1.54, 1.807) is 18.9 Å². The Balaban J connectivity index is 1.82. The van der Waals surface area contributed by atoms with Crippen molar-refractivity contribution in [2.75, 3.05) is 13.7 Å². The van der Waals surface area contributed by atoms with Gasteiger partial charge in [0.15, 0.2) is 11.0 Å². The zero-order valence-electron chi connectivity index (χ0n) is 14.3. The van der Waals surface area contributed by atoms with Crippen LogP contribution >= 0.6 is 23.4 Å². The topological polar surface area (TPSA) is 39.9 Å². The van der Waals surface area contributed by atoms with Crippen LogP contribution in [0.15, 0.2) is 53.7 Å². The Labute approximate surface area is 157 Å². The van der Waals surface area contributed by atoms with Gasteiger partial charge in [0, 0.05) is 23.4 Å². The molecule has 2 aromatic carbocycles. The van der Waals surface area contributed by atoms with Crippen LogP contribution in [0.2, 0.25) is 5.02 Å².